The molecule has 0 amide bonds. The second kappa shape index (κ2) is 3.72. The van der Waals surface area contributed by atoms with Crippen molar-refractivity contribution in [3.8, 4) is 0 Å². The number of carbonyl (C=O) groups is 1. The number of hydrogen-bond acceptors (Lipinski definition) is 3. The molecule has 0 heterocycles. The van der Waals surface area contributed by atoms with Crippen LogP contribution in [0.3, 0.4) is 0 Å². The molecule has 1 rings (SSSR count). The van der Waals surface area contributed by atoms with Crippen molar-refractivity contribution in [2.45, 2.75) is 32.2 Å². The van der Waals surface area contributed by atoms with E-state index in [4.69, 9.17) is 10.5 Å². The molecule has 0 aromatic rings. The summed E-state index contributed by atoms with van der Waals surface area (Å²) in [7, 11) is 0. The van der Waals surface area contributed by atoms with E-state index in [2.05, 4.69) is 0 Å². The summed E-state index contributed by atoms with van der Waals surface area (Å²) in [6.07, 6.45) is 3.06. The Labute approximate surface area is 66.9 Å². The van der Waals surface area contributed by atoms with E-state index in [0.29, 0.717) is 18.9 Å². The van der Waals surface area contributed by atoms with Gasteiger partial charge in [-0.1, -0.05) is 6.92 Å². The molecule has 11 heavy (non-hydrogen) atoms. The van der Waals surface area contributed by atoms with Crippen molar-refractivity contribution < 1.29 is 9.53 Å². The third-order valence-corrected chi connectivity index (χ3v) is 1.90. The fourth-order valence-corrected chi connectivity index (χ4v) is 0.758. The number of hydrogen-bond donors (Lipinski definition) is 1. The molecule has 0 aliphatic heterocycles. The Bertz CT molecular complexity index is 143. The Hall–Kier alpha value is -0.570. The summed E-state index contributed by atoms with van der Waals surface area (Å²) in [4.78, 5) is 11.0. The van der Waals surface area contributed by atoms with Gasteiger partial charge in [-0.25, -0.2) is 0 Å². The lowest BCUT2D eigenvalue weighted by Crippen LogP contribution is -2.31. The van der Waals surface area contributed by atoms with E-state index in [1.54, 1.807) is 0 Å². The lowest BCUT2D eigenvalue weighted by atomic mass is 10.2. The van der Waals surface area contributed by atoms with E-state index in [0.717, 1.165) is 0 Å². The van der Waals surface area contributed by atoms with Crippen LogP contribution in [-0.4, -0.2) is 18.6 Å². The van der Waals surface area contributed by atoms with Crippen LogP contribution < -0.4 is 5.73 Å². The normalized spacial score (nSPS) is 19.5. The molecule has 1 fully saturated rings. The first-order valence-corrected chi connectivity index (χ1v) is 4.16. The topological polar surface area (TPSA) is 52.3 Å². The van der Waals surface area contributed by atoms with Crippen LogP contribution >= 0.6 is 0 Å². The third-order valence-electron chi connectivity index (χ3n) is 1.90. The van der Waals surface area contributed by atoms with Crippen LogP contribution in [0.15, 0.2) is 0 Å². The average molecular weight is 157 g/mol. The van der Waals surface area contributed by atoms with Gasteiger partial charge in [0.25, 0.3) is 0 Å². The number of esters is 1. The molecule has 3 nitrogen and oxygen atoms in total. The molecule has 0 aromatic heterocycles. The van der Waals surface area contributed by atoms with Gasteiger partial charge in [0.2, 0.25) is 0 Å². The van der Waals surface area contributed by atoms with E-state index in [1.807, 2.05) is 6.92 Å². The highest BCUT2D eigenvalue weighted by atomic mass is 16.5. The van der Waals surface area contributed by atoms with Crippen molar-refractivity contribution in [2.24, 2.45) is 11.7 Å². The van der Waals surface area contributed by atoms with Crippen LogP contribution in [0.5, 0.6) is 0 Å². The maximum Gasteiger partial charge on any atom is 0.322 e. The molecular formula is C8H15NO2. The zero-order valence-electron chi connectivity index (χ0n) is 6.88. The molecule has 0 spiro atoms. The Balaban J connectivity index is 2.08. The Kier molecular flexibility index (Phi) is 2.88. The molecule has 3 heteroatoms. The molecule has 2 N–H and O–H groups in total. The largest absolute Gasteiger partial charge is 0.464 e. The highest BCUT2D eigenvalue weighted by Gasteiger charge is 2.24. The highest BCUT2D eigenvalue weighted by molar-refractivity contribution is 5.75. The molecule has 0 bridgehead atoms. The highest BCUT2D eigenvalue weighted by Crippen LogP contribution is 2.28. The first-order chi connectivity index (χ1) is 5.24. The van der Waals surface area contributed by atoms with Gasteiger partial charge in [-0.05, 0) is 25.2 Å². The lowest BCUT2D eigenvalue weighted by molar-refractivity contribution is -0.145. The minimum absolute atomic E-state index is 0.251. The van der Waals surface area contributed by atoms with Gasteiger partial charge < -0.3 is 10.5 Å². The van der Waals surface area contributed by atoms with Crippen molar-refractivity contribution in [1.29, 1.82) is 0 Å². The standard InChI is InChI=1S/C8H15NO2/c1-2-7(9)8(10)11-5-6-3-4-6/h6-7H,2-5,9H2,1H3/t7-/m0/s1. The van der Waals surface area contributed by atoms with Gasteiger partial charge in [0.15, 0.2) is 0 Å². The quantitative estimate of drug-likeness (QED) is 0.610. The molecule has 0 unspecified atom stereocenters. The smallest absolute Gasteiger partial charge is 0.322 e. The van der Waals surface area contributed by atoms with Gasteiger partial charge in [-0.15, -0.1) is 0 Å². The summed E-state index contributed by atoms with van der Waals surface area (Å²) in [5, 5.41) is 0. The van der Waals surface area contributed by atoms with E-state index in [-0.39, 0.29) is 5.97 Å². The molecule has 0 aromatic carbocycles. The van der Waals surface area contributed by atoms with Gasteiger partial charge in [0, 0.05) is 0 Å². The number of carbonyl (C=O) groups excluding carboxylic acids is 1. The van der Waals surface area contributed by atoms with Crippen molar-refractivity contribution >= 4 is 5.97 Å². The summed E-state index contributed by atoms with van der Waals surface area (Å²) in [5.41, 5.74) is 5.45. The van der Waals surface area contributed by atoms with Gasteiger partial charge in [0.05, 0.1) is 6.61 Å². The zero-order chi connectivity index (χ0) is 8.27. The Morgan fingerprint density at radius 3 is 2.82 bits per heavy atom. The molecule has 1 aliphatic rings. The van der Waals surface area contributed by atoms with Gasteiger partial charge >= 0.3 is 5.97 Å². The Morgan fingerprint density at radius 2 is 2.36 bits per heavy atom. The monoisotopic (exact) mass is 157 g/mol. The maximum absolute atomic E-state index is 11.0. The molecular weight excluding hydrogens is 142 g/mol. The van der Waals surface area contributed by atoms with Crippen LogP contribution in [-0.2, 0) is 9.53 Å². The predicted octanol–water partition coefficient (Wildman–Crippen LogP) is 0.677. The van der Waals surface area contributed by atoms with Gasteiger partial charge in [-0.2, -0.15) is 0 Å². The van der Waals surface area contributed by atoms with Crippen molar-refractivity contribution in [3.63, 3.8) is 0 Å². The minimum Gasteiger partial charge on any atom is -0.464 e. The van der Waals surface area contributed by atoms with E-state index in [1.165, 1.54) is 12.8 Å². The Morgan fingerprint density at radius 1 is 1.73 bits per heavy atom. The van der Waals surface area contributed by atoms with Crippen LogP contribution in [0.2, 0.25) is 0 Å². The van der Waals surface area contributed by atoms with Crippen LogP contribution in [0.1, 0.15) is 26.2 Å². The molecule has 1 saturated carbocycles. The first kappa shape index (κ1) is 8.53. The fourth-order valence-electron chi connectivity index (χ4n) is 0.758. The van der Waals surface area contributed by atoms with Crippen LogP contribution in [0.4, 0.5) is 0 Å². The van der Waals surface area contributed by atoms with Crippen LogP contribution in [0, 0.1) is 5.92 Å². The number of rotatable bonds is 4. The summed E-state index contributed by atoms with van der Waals surface area (Å²) in [5.74, 6) is 0.377. The zero-order valence-corrected chi connectivity index (χ0v) is 6.88. The predicted molar refractivity (Wildman–Crippen MR) is 41.9 cm³/mol. The fraction of sp³-hybridized carbons (Fsp3) is 0.875. The van der Waals surface area contributed by atoms with E-state index < -0.39 is 6.04 Å². The summed E-state index contributed by atoms with van der Waals surface area (Å²) < 4.78 is 4.95. The van der Waals surface area contributed by atoms with E-state index >= 15 is 0 Å². The minimum atomic E-state index is -0.422. The second-order valence-electron chi connectivity index (χ2n) is 3.09. The van der Waals surface area contributed by atoms with Crippen LogP contribution in [0.25, 0.3) is 0 Å². The van der Waals surface area contributed by atoms with Gasteiger partial charge in [0.1, 0.15) is 6.04 Å². The second-order valence-corrected chi connectivity index (χ2v) is 3.09. The van der Waals surface area contributed by atoms with Crippen molar-refractivity contribution in [2.75, 3.05) is 6.61 Å². The SMILES string of the molecule is CC[C@H](N)C(=O)OCC1CC1. The summed E-state index contributed by atoms with van der Waals surface area (Å²) in [6, 6.07) is -0.422. The van der Waals surface area contributed by atoms with E-state index in [9.17, 15) is 4.79 Å². The molecule has 1 atom stereocenters. The number of ether oxygens (including phenoxy) is 1. The molecule has 64 valence electrons. The molecule has 0 saturated heterocycles. The summed E-state index contributed by atoms with van der Waals surface area (Å²) >= 11 is 0. The third kappa shape index (κ3) is 2.89. The number of nitrogens with two attached hydrogens (primary N) is 1. The summed E-state index contributed by atoms with van der Waals surface area (Å²) in [6.45, 7) is 2.45. The first-order valence-electron chi connectivity index (χ1n) is 4.16. The van der Waals surface area contributed by atoms with Crippen molar-refractivity contribution in [3.05, 3.63) is 0 Å². The maximum atomic E-state index is 11.0. The molecule has 0 radical (unpaired) electrons. The molecule has 1 aliphatic carbocycles. The average Bonchev–Trinajstić information content (AvgIpc) is 2.81. The van der Waals surface area contributed by atoms with Crippen molar-refractivity contribution in [1.82, 2.24) is 0 Å². The lowest BCUT2D eigenvalue weighted by Gasteiger charge is -2.07. The van der Waals surface area contributed by atoms with Gasteiger partial charge in [-0.3, -0.25) is 4.79 Å².